The van der Waals surface area contributed by atoms with E-state index in [0.717, 1.165) is 18.2 Å². The van der Waals surface area contributed by atoms with Crippen LogP contribution >= 0.6 is 12.6 Å². The molecule has 0 atom stereocenters. The Morgan fingerprint density at radius 3 is 2.38 bits per heavy atom. The third-order valence-electron chi connectivity index (χ3n) is 1.68. The Morgan fingerprint density at radius 1 is 1.38 bits per heavy atom. The zero-order valence-electron chi connectivity index (χ0n) is 8.28. The van der Waals surface area contributed by atoms with E-state index in [4.69, 9.17) is 13.3 Å². The first-order valence-electron chi connectivity index (χ1n) is 4.20. The number of rotatable bonds is 8. The van der Waals surface area contributed by atoms with Crippen molar-refractivity contribution >= 4 is 21.4 Å². The second-order valence-electron chi connectivity index (χ2n) is 2.52. The van der Waals surface area contributed by atoms with Crippen molar-refractivity contribution in [3.63, 3.8) is 0 Å². The highest BCUT2D eigenvalue weighted by Gasteiger charge is 2.37. The predicted molar refractivity (Wildman–Crippen MR) is 59.2 cm³/mol. The minimum atomic E-state index is -2.41. The normalized spacial score (nSPS) is 11.6. The van der Waals surface area contributed by atoms with Crippen LogP contribution in [-0.2, 0) is 13.3 Å². The van der Waals surface area contributed by atoms with Gasteiger partial charge in [-0.25, -0.2) is 0 Å². The highest BCUT2D eigenvalue weighted by molar-refractivity contribution is 7.80. The fraction of sp³-hybridized carbons (Fsp3) is 0.750. The van der Waals surface area contributed by atoms with Gasteiger partial charge in [-0.05, 0) is 12.2 Å². The number of hydrogen-bond acceptors (Lipinski definition) is 4. The molecule has 0 radical (unpaired) electrons. The molecule has 0 heterocycles. The summed E-state index contributed by atoms with van der Waals surface area (Å²) in [5.74, 6) is 0.818. The van der Waals surface area contributed by atoms with E-state index in [-0.39, 0.29) is 0 Å². The monoisotopic (exact) mass is 222 g/mol. The van der Waals surface area contributed by atoms with Gasteiger partial charge in [0.1, 0.15) is 0 Å². The summed E-state index contributed by atoms with van der Waals surface area (Å²) in [6, 6.07) is 0.803. The van der Waals surface area contributed by atoms with Crippen LogP contribution in [0.5, 0.6) is 0 Å². The molecule has 0 aliphatic rings. The summed E-state index contributed by atoms with van der Waals surface area (Å²) in [6.07, 6.45) is 2.63. The summed E-state index contributed by atoms with van der Waals surface area (Å²) < 4.78 is 16.1. The Morgan fingerprint density at radius 2 is 2.00 bits per heavy atom. The minimum absolute atomic E-state index is 0.473. The van der Waals surface area contributed by atoms with Crippen LogP contribution in [0.3, 0.4) is 0 Å². The maximum atomic E-state index is 5.52. The van der Waals surface area contributed by atoms with Crippen LogP contribution in [0.4, 0.5) is 0 Å². The average molecular weight is 222 g/mol. The average Bonchev–Trinajstić information content (AvgIpc) is 2.20. The van der Waals surface area contributed by atoms with Gasteiger partial charge in [-0.1, -0.05) is 6.08 Å². The Hall–Kier alpha value is 0.187. The molecule has 5 heteroatoms. The van der Waals surface area contributed by atoms with Gasteiger partial charge in [0.2, 0.25) is 0 Å². The maximum Gasteiger partial charge on any atom is 0.500 e. The lowest BCUT2D eigenvalue weighted by atomic mass is 10.6. The molecule has 78 valence electrons. The fourth-order valence-electron chi connectivity index (χ4n) is 0.959. The summed E-state index contributed by atoms with van der Waals surface area (Å²) in [5.41, 5.74) is 0. The van der Waals surface area contributed by atoms with Crippen LogP contribution < -0.4 is 0 Å². The second kappa shape index (κ2) is 7.58. The zero-order chi connectivity index (χ0) is 10.2. The Labute approximate surface area is 86.9 Å². The summed E-state index contributed by atoms with van der Waals surface area (Å²) in [6.45, 7) is 4.06. The van der Waals surface area contributed by atoms with Crippen molar-refractivity contribution in [3.05, 3.63) is 12.7 Å². The lowest BCUT2D eigenvalue weighted by Crippen LogP contribution is -2.43. The van der Waals surface area contributed by atoms with Crippen molar-refractivity contribution < 1.29 is 13.3 Å². The molecular formula is C8H18O3SSi. The van der Waals surface area contributed by atoms with Crippen LogP contribution in [0.15, 0.2) is 12.7 Å². The molecule has 0 aliphatic carbocycles. The SMILES string of the molecule is C=CCO[Si](CCCS)(OC)OC. The molecule has 0 aromatic carbocycles. The van der Waals surface area contributed by atoms with Crippen LogP contribution in [0, 0.1) is 0 Å². The van der Waals surface area contributed by atoms with Crippen molar-refractivity contribution in [2.24, 2.45) is 0 Å². The fourth-order valence-corrected chi connectivity index (χ4v) is 3.35. The summed E-state index contributed by atoms with van der Waals surface area (Å²) in [7, 11) is 0.839. The van der Waals surface area contributed by atoms with Crippen LogP contribution in [0.2, 0.25) is 6.04 Å². The highest BCUT2D eigenvalue weighted by Crippen LogP contribution is 2.16. The van der Waals surface area contributed by atoms with Gasteiger partial charge in [0, 0.05) is 20.3 Å². The van der Waals surface area contributed by atoms with E-state index in [2.05, 4.69) is 19.2 Å². The van der Waals surface area contributed by atoms with E-state index in [1.165, 1.54) is 0 Å². The minimum Gasteiger partial charge on any atom is -0.377 e. The quantitative estimate of drug-likeness (QED) is 0.385. The second-order valence-corrected chi connectivity index (χ2v) is 5.94. The third kappa shape index (κ3) is 4.83. The first-order chi connectivity index (χ1) is 6.24. The van der Waals surface area contributed by atoms with Crippen molar-refractivity contribution in [2.45, 2.75) is 12.5 Å². The van der Waals surface area contributed by atoms with Gasteiger partial charge in [-0.2, -0.15) is 12.6 Å². The summed E-state index contributed by atoms with van der Waals surface area (Å²) >= 11 is 4.14. The molecular weight excluding hydrogens is 204 g/mol. The zero-order valence-corrected chi connectivity index (χ0v) is 10.2. The van der Waals surface area contributed by atoms with E-state index >= 15 is 0 Å². The standard InChI is InChI=1S/C8H18O3SSi/c1-4-6-11-13(9-2,10-3)8-5-7-12/h4,12H,1,5-8H2,2-3H3. The molecule has 0 amide bonds. The molecule has 0 N–H and O–H groups in total. The number of hydrogen-bond donors (Lipinski definition) is 1. The van der Waals surface area contributed by atoms with Crippen molar-refractivity contribution in [1.82, 2.24) is 0 Å². The molecule has 13 heavy (non-hydrogen) atoms. The molecule has 0 aromatic heterocycles. The van der Waals surface area contributed by atoms with Gasteiger partial charge in [-0.15, -0.1) is 6.58 Å². The van der Waals surface area contributed by atoms with Gasteiger partial charge in [0.15, 0.2) is 0 Å². The van der Waals surface area contributed by atoms with E-state index in [9.17, 15) is 0 Å². The van der Waals surface area contributed by atoms with Crippen LogP contribution in [0.25, 0.3) is 0 Å². The molecule has 0 rings (SSSR count). The van der Waals surface area contributed by atoms with Gasteiger partial charge < -0.3 is 13.3 Å². The van der Waals surface area contributed by atoms with Gasteiger partial charge in [-0.3, -0.25) is 0 Å². The van der Waals surface area contributed by atoms with Crippen LogP contribution in [-0.4, -0.2) is 35.4 Å². The lowest BCUT2D eigenvalue weighted by molar-refractivity contribution is 0.110. The van der Waals surface area contributed by atoms with Gasteiger partial charge in [0.25, 0.3) is 0 Å². The van der Waals surface area contributed by atoms with Crippen molar-refractivity contribution in [2.75, 3.05) is 26.6 Å². The lowest BCUT2D eigenvalue weighted by Gasteiger charge is -2.25. The predicted octanol–water partition coefficient (Wildman–Crippen LogP) is 1.74. The molecule has 0 unspecified atom stereocenters. The van der Waals surface area contributed by atoms with Gasteiger partial charge in [0.05, 0.1) is 6.61 Å². The Bertz CT molecular complexity index is 139. The summed E-state index contributed by atoms with van der Waals surface area (Å²) in [5, 5.41) is 0. The third-order valence-corrected chi connectivity index (χ3v) is 4.82. The molecule has 0 saturated carbocycles. The molecule has 0 bridgehead atoms. The largest absolute Gasteiger partial charge is 0.500 e. The molecule has 0 spiro atoms. The van der Waals surface area contributed by atoms with E-state index in [1.807, 2.05) is 0 Å². The van der Waals surface area contributed by atoms with E-state index < -0.39 is 8.80 Å². The molecule has 0 aromatic rings. The number of thiol groups is 1. The maximum absolute atomic E-state index is 5.52. The van der Waals surface area contributed by atoms with Gasteiger partial charge >= 0.3 is 8.80 Å². The Balaban J connectivity index is 4.04. The first kappa shape index (κ1) is 13.2. The smallest absolute Gasteiger partial charge is 0.377 e. The van der Waals surface area contributed by atoms with Crippen molar-refractivity contribution in [1.29, 1.82) is 0 Å². The molecule has 0 fully saturated rings. The summed E-state index contributed by atoms with van der Waals surface area (Å²) in [4.78, 5) is 0. The Kier molecular flexibility index (Phi) is 7.69. The topological polar surface area (TPSA) is 27.7 Å². The van der Waals surface area contributed by atoms with Crippen molar-refractivity contribution in [3.8, 4) is 0 Å². The van der Waals surface area contributed by atoms with E-state index in [0.29, 0.717) is 6.61 Å². The van der Waals surface area contributed by atoms with Crippen LogP contribution in [0.1, 0.15) is 6.42 Å². The molecule has 0 saturated heterocycles. The molecule has 3 nitrogen and oxygen atoms in total. The highest BCUT2D eigenvalue weighted by atomic mass is 32.1. The first-order valence-corrected chi connectivity index (χ1v) is 6.77. The molecule has 0 aliphatic heterocycles. The van der Waals surface area contributed by atoms with E-state index in [1.54, 1.807) is 20.3 Å².